The first-order valence-electron chi connectivity index (χ1n) is 8.01. The molecule has 120 valence electrons. The molecule has 3 aromatic rings. The van der Waals surface area contributed by atoms with Gasteiger partial charge in [-0.15, -0.1) is 0 Å². The van der Waals surface area contributed by atoms with Gasteiger partial charge < -0.3 is 14.0 Å². The van der Waals surface area contributed by atoms with Gasteiger partial charge in [0.25, 0.3) is 0 Å². The third-order valence-corrected chi connectivity index (χ3v) is 3.44. The highest BCUT2D eigenvalue weighted by molar-refractivity contribution is 6.62. The second-order valence-electron chi connectivity index (χ2n) is 5.20. The number of hydrogen-bond acceptors (Lipinski definition) is 3. The largest absolute Gasteiger partial charge is 0.632 e. The number of hydrogen-bond donors (Lipinski definition) is 0. The summed E-state index contributed by atoms with van der Waals surface area (Å²) < 4.78 is 17.6. The molecule has 0 amide bonds. The Labute approximate surface area is 143 Å². The van der Waals surface area contributed by atoms with Crippen molar-refractivity contribution in [3.05, 3.63) is 84.9 Å². The number of para-hydroxylation sites is 2. The van der Waals surface area contributed by atoms with E-state index in [2.05, 4.69) is 0 Å². The molecule has 0 radical (unpaired) electrons. The molecule has 0 N–H and O–H groups in total. The first kappa shape index (κ1) is 16.0. The second kappa shape index (κ2) is 8.11. The van der Waals surface area contributed by atoms with Crippen LogP contribution in [0.4, 0.5) is 0 Å². The molecule has 0 aliphatic carbocycles. The number of benzene rings is 3. The Morgan fingerprint density at radius 2 is 1.12 bits per heavy atom. The standard InChI is InChI=1S/C20H19BO3/c1-2-22-18-15-13-17(14-16-18)21(23-19-9-5-3-6-10-19)24-20-11-7-4-8-12-20/h3-16H,2H2,1H3. The maximum Gasteiger partial charge on any atom is 0.632 e. The molecular weight excluding hydrogens is 299 g/mol. The normalized spacial score (nSPS) is 10.0. The van der Waals surface area contributed by atoms with E-state index in [0.29, 0.717) is 6.61 Å². The SMILES string of the molecule is CCOc1ccc(B(Oc2ccccc2)Oc2ccccc2)cc1. The first-order chi connectivity index (χ1) is 11.8. The van der Waals surface area contributed by atoms with Crippen molar-refractivity contribution in [2.75, 3.05) is 6.61 Å². The molecule has 0 fully saturated rings. The van der Waals surface area contributed by atoms with E-state index in [1.54, 1.807) is 0 Å². The second-order valence-corrected chi connectivity index (χ2v) is 5.20. The summed E-state index contributed by atoms with van der Waals surface area (Å²) in [6.45, 7) is 2.61. The van der Waals surface area contributed by atoms with Gasteiger partial charge in [-0.1, -0.05) is 48.5 Å². The fourth-order valence-corrected chi connectivity index (χ4v) is 2.29. The summed E-state index contributed by atoms with van der Waals surface area (Å²) in [5.41, 5.74) is 0.922. The summed E-state index contributed by atoms with van der Waals surface area (Å²) in [5.74, 6) is 2.35. The van der Waals surface area contributed by atoms with Crippen LogP contribution < -0.4 is 19.5 Å². The van der Waals surface area contributed by atoms with Gasteiger partial charge in [0.15, 0.2) is 0 Å². The molecule has 0 saturated heterocycles. The van der Waals surface area contributed by atoms with Crippen molar-refractivity contribution in [3.63, 3.8) is 0 Å². The van der Waals surface area contributed by atoms with E-state index in [9.17, 15) is 0 Å². The molecule has 24 heavy (non-hydrogen) atoms. The first-order valence-corrected chi connectivity index (χ1v) is 8.01. The third kappa shape index (κ3) is 4.32. The van der Waals surface area contributed by atoms with Crippen LogP contribution in [0.2, 0.25) is 0 Å². The Morgan fingerprint density at radius 1 is 0.625 bits per heavy atom. The van der Waals surface area contributed by atoms with Gasteiger partial charge in [0.2, 0.25) is 0 Å². The van der Waals surface area contributed by atoms with Gasteiger partial charge in [0.05, 0.1) is 6.61 Å². The van der Waals surface area contributed by atoms with E-state index < -0.39 is 7.12 Å². The summed E-state index contributed by atoms with van der Waals surface area (Å²) in [4.78, 5) is 0. The summed E-state index contributed by atoms with van der Waals surface area (Å²) in [6, 6.07) is 27.1. The van der Waals surface area contributed by atoms with Crippen molar-refractivity contribution in [1.29, 1.82) is 0 Å². The zero-order valence-corrected chi connectivity index (χ0v) is 13.6. The Morgan fingerprint density at radius 3 is 1.58 bits per heavy atom. The summed E-state index contributed by atoms with van der Waals surface area (Å²) in [5, 5.41) is 0. The van der Waals surface area contributed by atoms with Crippen LogP contribution >= 0.6 is 0 Å². The predicted octanol–water partition coefficient (Wildman–Crippen LogP) is 3.94. The molecule has 3 aromatic carbocycles. The zero-order valence-electron chi connectivity index (χ0n) is 13.6. The topological polar surface area (TPSA) is 27.7 Å². The molecule has 3 nitrogen and oxygen atoms in total. The minimum absolute atomic E-state index is 0.537. The van der Waals surface area contributed by atoms with Crippen molar-refractivity contribution >= 4 is 12.6 Å². The minimum Gasteiger partial charge on any atom is -0.522 e. The molecule has 0 saturated carbocycles. The Hall–Kier alpha value is -2.88. The van der Waals surface area contributed by atoms with Crippen molar-refractivity contribution in [2.24, 2.45) is 0 Å². The van der Waals surface area contributed by atoms with E-state index in [-0.39, 0.29) is 0 Å². The zero-order chi connectivity index (χ0) is 16.6. The monoisotopic (exact) mass is 318 g/mol. The van der Waals surface area contributed by atoms with Gasteiger partial charge in [-0.05, 0) is 43.3 Å². The van der Waals surface area contributed by atoms with Crippen LogP contribution in [0.5, 0.6) is 17.2 Å². The molecule has 0 atom stereocenters. The van der Waals surface area contributed by atoms with Crippen LogP contribution in [0.15, 0.2) is 84.9 Å². The van der Waals surface area contributed by atoms with Crippen molar-refractivity contribution in [2.45, 2.75) is 6.92 Å². The van der Waals surface area contributed by atoms with Crippen LogP contribution in [0.25, 0.3) is 0 Å². The van der Waals surface area contributed by atoms with Crippen molar-refractivity contribution in [3.8, 4) is 17.2 Å². The Balaban J connectivity index is 1.83. The minimum atomic E-state index is -0.537. The molecule has 0 aromatic heterocycles. The summed E-state index contributed by atoms with van der Waals surface area (Å²) >= 11 is 0. The molecule has 4 heteroatoms. The van der Waals surface area contributed by atoms with Crippen LogP contribution in [0.3, 0.4) is 0 Å². The number of rotatable bonds is 7. The van der Waals surface area contributed by atoms with Gasteiger partial charge in [-0.25, -0.2) is 0 Å². The maximum atomic E-state index is 6.04. The van der Waals surface area contributed by atoms with Gasteiger partial charge in [0, 0.05) is 5.46 Å². The van der Waals surface area contributed by atoms with Crippen LogP contribution in [-0.4, -0.2) is 13.7 Å². The van der Waals surface area contributed by atoms with Gasteiger partial charge in [-0.2, -0.15) is 0 Å². The molecule has 0 unspecified atom stereocenters. The van der Waals surface area contributed by atoms with Crippen molar-refractivity contribution in [1.82, 2.24) is 0 Å². The highest BCUT2D eigenvalue weighted by atomic mass is 16.6. The molecular formula is C20H19BO3. The summed E-state index contributed by atoms with van der Waals surface area (Å²) in [7, 11) is -0.537. The molecule has 0 bridgehead atoms. The molecule has 0 heterocycles. The average Bonchev–Trinajstić information content (AvgIpc) is 2.64. The van der Waals surface area contributed by atoms with Crippen LogP contribution in [-0.2, 0) is 0 Å². The quantitative estimate of drug-likeness (QED) is 0.618. The fourth-order valence-electron chi connectivity index (χ4n) is 2.29. The lowest BCUT2D eigenvalue weighted by molar-refractivity contribution is 0.340. The lowest BCUT2D eigenvalue weighted by Crippen LogP contribution is -2.42. The smallest absolute Gasteiger partial charge is 0.522 e. The highest BCUT2D eigenvalue weighted by Crippen LogP contribution is 2.15. The van der Waals surface area contributed by atoms with Gasteiger partial charge >= 0.3 is 7.12 Å². The lowest BCUT2D eigenvalue weighted by atomic mass is 9.78. The fraction of sp³-hybridized carbons (Fsp3) is 0.100. The van der Waals surface area contributed by atoms with E-state index in [0.717, 1.165) is 22.7 Å². The summed E-state index contributed by atoms with van der Waals surface area (Å²) in [6.07, 6.45) is 0. The highest BCUT2D eigenvalue weighted by Gasteiger charge is 2.26. The van der Waals surface area contributed by atoms with Gasteiger partial charge in [0.1, 0.15) is 17.2 Å². The average molecular weight is 318 g/mol. The van der Waals surface area contributed by atoms with Crippen LogP contribution in [0, 0.1) is 0 Å². The number of ether oxygens (including phenoxy) is 1. The maximum absolute atomic E-state index is 6.04. The molecule has 0 spiro atoms. The van der Waals surface area contributed by atoms with E-state index >= 15 is 0 Å². The molecule has 3 rings (SSSR count). The van der Waals surface area contributed by atoms with Crippen LogP contribution in [0.1, 0.15) is 6.92 Å². The van der Waals surface area contributed by atoms with E-state index in [1.165, 1.54) is 0 Å². The van der Waals surface area contributed by atoms with E-state index in [4.69, 9.17) is 14.0 Å². The van der Waals surface area contributed by atoms with E-state index in [1.807, 2.05) is 91.9 Å². The lowest BCUT2D eigenvalue weighted by Gasteiger charge is -2.17. The van der Waals surface area contributed by atoms with Gasteiger partial charge in [-0.3, -0.25) is 0 Å². The molecule has 0 aliphatic rings. The Kier molecular flexibility index (Phi) is 5.41. The molecule has 0 aliphatic heterocycles. The third-order valence-electron chi connectivity index (χ3n) is 3.44. The predicted molar refractivity (Wildman–Crippen MR) is 97.1 cm³/mol. The van der Waals surface area contributed by atoms with Crippen molar-refractivity contribution < 1.29 is 14.0 Å². The Bertz CT molecular complexity index is 688.